The summed E-state index contributed by atoms with van der Waals surface area (Å²) < 4.78 is 0. The summed E-state index contributed by atoms with van der Waals surface area (Å²) in [4.78, 5) is 29.0. The number of benzene rings is 2. The Morgan fingerprint density at radius 3 is 2.37 bits per heavy atom. The van der Waals surface area contributed by atoms with E-state index in [1.807, 2.05) is 6.07 Å². The molecule has 0 aliphatic carbocycles. The van der Waals surface area contributed by atoms with Gasteiger partial charge in [0.05, 0.1) is 22.5 Å². The zero-order valence-corrected chi connectivity index (χ0v) is 20.6. The minimum Gasteiger partial charge on any atom is -0.367 e. The summed E-state index contributed by atoms with van der Waals surface area (Å²) in [6.45, 7) is 11.1. The van der Waals surface area contributed by atoms with Crippen LogP contribution in [-0.2, 0) is 12.0 Å². The normalized spacial score (nSPS) is 15.0. The van der Waals surface area contributed by atoms with E-state index >= 15 is 0 Å². The number of carbonyl (C=O) groups excluding carboxylic acids is 1. The second-order valence-corrected chi connectivity index (χ2v) is 10.3. The van der Waals surface area contributed by atoms with Gasteiger partial charge in [-0.1, -0.05) is 51.1 Å². The molecule has 0 unspecified atom stereocenters. The first-order valence-corrected chi connectivity index (χ1v) is 12.1. The Hall–Kier alpha value is -3.71. The highest BCUT2D eigenvalue weighted by atomic mass is 16.1. The fraction of sp³-hybridized carbons (Fsp3) is 0.321. The van der Waals surface area contributed by atoms with Gasteiger partial charge in [0.15, 0.2) is 0 Å². The topological polar surface area (TPSA) is 91.1 Å². The molecule has 7 heteroatoms. The first-order chi connectivity index (χ1) is 16.8. The number of rotatable bonds is 5. The Morgan fingerprint density at radius 1 is 1.00 bits per heavy atom. The van der Waals surface area contributed by atoms with Crippen molar-refractivity contribution >= 4 is 22.6 Å². The van der Waals surface area contributed by atoms with Gasteiger partial charge in [0.2, 0.25) is 5.91 Å². The van der Waals surface area contributed by atoms with E-state index in [9.17, 15) is 4.79 Å². The number of aromatic amines is 1. The fourth-order valence-electron chi connectivity index (χ4n) is 4.58. The number of anilines is 1. The highest BCUT2D eigenvalue weighted by molar-refractivity contribution is 5.92. The van der Waals surface area contributed by atoms with Crippen molar-refractivity contribution in [3.63, 3.8) is 0 Å². The summed E-state index contributed by atoms with van der Waals surface area (Å²) in [6, 6.07) is 18.7. The fourth-order valence-corrected chi connectivity index (χ4v) is 4.58. The van der Waals surface area contributed by atoms with Crippen molar-refractivity contribution in [3.8, 4) is 11.4 Å². The van der Waals surface area contributed by atoms with Crippen LogP contribution in [-0.4, -0.2) is 51.9 Å². The van der Waals surface area contributed by atoms with Crippen molar-refractivity contribution in [1.82, 2.24) is 19.9 Å². The summed E-state index contributed by atoms with van der Waals surface area (Å²) in [5.74, 6) is 0.451. The monoisotopic (exact) mass is 468 g/mol. The van der Waals surface area contributed by atoms with Gasteiger partial charge < -0.3 is 15.6 Å². The number of nitrogens with zero attached hydrogens (tertiary/aromatic N) is 4. The zero-order valence-electron chi connectivity index (χ0n) is 20.6. The van der Waals surface area contributed by atoms with Crippen LogP contribution in [0.5, 0.6) is 0 Å². The predicted molar refractivity (Wildman–Crippen MR) is 140 cm³/mol. The Balaban J connectivity index is 1.29. The molecule has 7 nitrogen and oxygen atoms in total. The molecule has 3 N–H and O–H groups in total. The number of nitrogens with one attached hydrogen (secondary N) is 1. The number of imidazole rings is 1. The lowest BCUT2D eigenvalue weighted by molar-refractivity contribution is 0.1000. The van der Waals surface area contributed by atoms with Gasteiger partial charge in [0, 0.05) is 44.5 Å². The average molecular weight is 469 g/mol. The smallest absolute Gasteiger partial charge is 0.250 e. The molecule has 0 bridgehead atoms. The number of fused-ring (bicyclic) bond motifs is 1. The Morgan fingerprint density at radius 2 is 1.74 bits per heavy atom. The van der Waals surface area contributed by atoms with Gasteiger partial charge in [-0.15, -0.1) is 0 Å². The second-order valence-electron chi connectivity index (χ2n) is 10.3. The molecule has 1 saturated heterocycles. The number of H-pyrrole nitrogens is 1. The van der Waals surface area contributed by atoms with Crippen LogP contribution in [0.1, 0.15) is 42.4 Å². The number of pyridine rings is 1. The summed E-state index contributed by atoms with van der Waals surface area (Å²) >= 11 is 0. The molecular weight excluding hydrogens is 436 g/mol. The predicted octanol–water partition coefficient (Wildman–Crippen LogP) is 4.34. The molecule has 1 amide bonds. The summed E-state index contributed by atoms with van der Waals surface area (Å²) in [7, 11) is 0. The molecule has 2 aromatic heterocycles. The molecule has 0 atom stereocenters. The maximum absolute atomic E-state index is 11.3. The van der Waals surface area contributed by atoms with Crippen molar-refractivity contribution in [1.29, 1.82) is 0 Å². The van der Waals surface area contributed by atoms with Crippen molar-refractivity contribution < 1.29 is 4.79 Å². The van der Waals surface area contributed by atoms with Crippen LogP contribution < -0.4 is 10.6 Å². The van der Waals surface area contributed by atoms with E-state index in [0.717, 1.165) is 60.8 Å². The zero-order chi connectivity index (χ0) is 24.6. The SMILES string of the molecule is CC(C)(C)c1ccc(-c2nc3c(N4CCN(Cc5ccc(C(N)=O)cn5)CC4)cccc3[nH]2)cc1. The van der Waals surface area contributed by atoms with Gasteiger partial charge in [-0.2, -0.15) is 0 Å². The van der Waals surface area contributed by atoms with Crippen LogP contribution in [0.15, 0.2) is 60.8 Å². The van der Waals surface area contributed by atoms with E-state index in [4.69, 9.17) is 10.7 Å². The van der Waals surface area contributed by atoms with Crippen LogP contribution in [0.25, 0.3) is 22.4 Å². The summed E-state index contributed by atoms with van der Waals surface area (Å²) in [5.41, 5.74) is 12.5. The molecule has 1 aliphatic heterocycles. The van der Waals surface area contributed by atoms with E-state index in [-0.39, 0.29) is 5.41 Å². The quantitative estimate of drug-likeness (QED) is 0.455. The lowest BCUT2D eigenvalue weighted by Crippen LogP contribution is -2.46. The number of nitrogens with two attached hydrogens (primary N) is 1. The van der Waals surface area contributed by atoms with Gasteiger partial charge in [-0.05, 0) is 35.2 Å². The average Bonchev–Trinajstić information content (AvgIpc) is 3.29. The Bertz CT molecular complexity index is 1330. The lowest BCUT2D eigenvalue weighted by Gasteiger charge is -2.36. The number of hydrogen-bond donors (Lipinski definition) is 2. The summed E-state index contributed by atoms with van der Waals surface area (Å²) in [5, 5.41) is 0. The number of aromatic nitrogens is 3. The molecule has 2 aromatic carbocycles. The standard InChI is InChI=1S/C28H32N6O/c1-28(2,3)21-10-7-19(8-11-21)27-31-23-5-4-6-24(25(23)32-27)34-15-13-33(14-16-34)18-22-12-9-20(17-30-22)26(29)35/h4-12,17H,13-16,18H2,1-3H3,(H2,29,35)(H,31,32). The molecule has 0 saturated carbocycles. The van der Waals surface area contributed by atoms with E-state index < -0.39 is 5.91 Å². The van der Waals surface area contributed by atoms with Gasteiger partial charge in [-0.25, -0.2) is 4.98 Å². The van der Waals surface area contributed by atoms with E-state index in [2.05, 4.69) is 83.0 Å². The molecule has 4 aromatic rings. The van der Waals surface area contributed by atoms with Crippen molar-refractivity contribution in [3.05, 3.63) is 77.6 Å². The molecule has 3 heterocycles. The highest BCUT2D eigenvalue weighted by Gasteiger charge is 2.21. The number of primary amides is 1. The number of hydrogen-bond acceptors (Lipinski definition) is 5. The van der Waals surface area contributed by atoms with Gasteiger partial charge in [0.1, 0.15) is 11.3 Å². The highest BCUT2D eigenvalue weighted by Crippen LogP contribution is 2.30. The third kappa shape index (κ3) is 4.91. The van der Waals surface area contributed by atoms with Crippen LogP contribution in [0.3, 0.4) is 0 Å². The maximum atomic E-state index is 11.3. The molecule has 0 spiro atoms. The Kier molecular flexibility index (Phi) is 6.03. The van der Waals surface area contributed by atoms with Crippen LogP contribution in [0, 0.1) is 0 Å². The molecule has 0 radical (unpaired) electrons. The minimum atomic E-state index is -0.449. The number of amides is 1. The van der Waals surface area contributed by atoms with Crippen LogP contribution >= 0.6 is 0 Å². The van der Waals surface area contributed by atoms with Crippen molar-refractivity contribution in [2.24, 2.45) is 5.73 Å². The minimum absolute atomic E-state index is 0.130. The number of carbonyl (C=O) groups is 1. The summed E-state index contributed by atoms with van der Waals surface area (Å²) in [6.07, 6.45) is 1.56. The third-order valence-electron chi connectivity index (χ3n) is 6.72. The molecular formula is C28H32N6O. The second kappa shape index (κ2) is 9.15. The number of para-hydroxylation sites is 1. The van der Waals surface area contributed by atoms with Gasteiger partial charge in [0.25, 0.3) is 0 Å². The molecule has 35 heavy (non-hydrogen) atoms. The largest absolute Gasteiger partial charge is 0.367 e. The van der Waals surface area contributed by atoms with E-state index in [1.165, 1.54) is 11.3 Å². The van der Waals surface area contributed by atoms with Crippen molar-refractivity contribution in [2.75, 3.05) is 31.1 Å². The van der Waals surface area contributed by atoms with Crippen LogP contribution in [0.2, 0.25) is 0 Å². The third-order valence-corrected chi connectivity index (χ3v) is 6.72. The lowest BCUT2D eigenvalue weighted by atomic mass is 9.87. The Labute approximate surface area is 206 Å². The van der Waals surface area contributed by atoms with E-state index in [1.54, 1.807) is 12.3 Å². The van der Waals surface area contributed by atoms with Crippen LogP contribution in [0.4, 0.5) is 5.69 Å². The maximum Gasteiger partial charge on any atom is 0.250 e. The molecule has 1 aliphatic rings. The van der Waals surface area contributed by atoms with Crippen molar-refractivity contribution in [2.45, 2.75) is 32.7 Å². The van der Waals surface area contributed by atoms with E-state index in [0.29, 0.717) is 5.56 Å². The molecule has 5 rings (SSSR count). The number of piperazine rings is 1. The van der Waals surface area contributed by atoms with Gasteiger partial charge >= 0.3 is 0 Å². The molecule has 1 fully saturated rings. The first kappa shape index (κ1) is 23.1. The first-order valence-electron chi connectivity index (χ1n) is 12.1. The van der Waals surface area contributed by atoms with Gasteiger partial charge in [-0.3, -0.25) is 14.7 Å². The molecule has 180 valence electrons.